The first-order valence-corrected chi connectivity index (χ1v) is 6.42. The van der Waals surface area contributed by atoms with E-state index in [0.29, 0.717) is 5.75 Å². The van der Waals surface area contributed by atoms with Crippen molar-refractivity contribution in [3.63, 3.8) is 0 Å². The van der Waals surface area contributed by atoms with Gasteiger partial charge in [0.1, 0.15) is 11.6 Å². The number of carbonyl (C=O) groups is 1. The average molecular weight is 340 g/mol. The normalized spacial score (nSPS) is 10.1. The molecule has 2 rings (SSSR count). The molecule has 0 saturated carbocycles. The molecule has 0 radical (unpaired) electrons. The molecule has 104 valence electrons. The van der Waals surface area contributed by atoms with Crippen LogP contribution in [0.3, 0.4) is 0 Å². The molecule has 2 aromatic rings. The Balaban J connectivity index is 1.94. The number of carbonyl (C=O) groups excluding carboxylic acids is 1. The second-order valence-electron chi connectivity index (χ2n) is 3.91. The Labute approximate surface area is 123 Å². The number of nitrogens with two attached hydrogens (primary N) is 1. The van der Waals surface area contributed by atoms with Crippen molar-refractivity contribution in [1.82, 2.24) is 4.98 Å². The highest BCUT2D eigenvalue weighted by molar-refractivity contribution is 9.10. The summed E-state index contributed by atoms with van der Waals surface area (Å²) in [5.41, 5.74) is 6.12. The molecule has 1 amide bonds. The third-order valence-electron chi connectivity index (χ3n) is 2.34. The van der Waals surface area contributed by atoms with Gasteiger partial charge >= 0.3 is 0 Å². The fourth-order valence-electron chi connectivity index (χ4n) is 1.44. The maximum atomic E-state index is 13.0. The third kappa shape index (κ3) is 3.92. The van der Waals surface area contributed by atoms with Crippen LogP contribution in [0.2, 0.25) is 0 Å². The monoisotopic (exact) mass is 339 g/mol. The maximum Gasteiger partial charge on any atom is 0.262 e. The molecule has 1 heterocycles. The number of nitrogens with one attached hydrogen (secondary N) is 1. The average Bonchev–Trinajstić information content (AvgIpc) is 2.41. The van der Waals surface area contributed by atoms with Crippen molar-refractivity contribution >= 4 is 33.2 Å². The van der Waals surface area contributed by atoms with E-state index < -0.39 is 11.7 Å². The Bertz CT molecular complexity index is 637. The number of ether oxygens (including phenoxy) is 1. The van der Waals surface area contributed by atoms with Crippen LogP contribution in [0.25, 0.3) is 0 Å². The van der Waals surface area contributed by atoms with Gasteiger partial charge in [-0.2, -0.15) is 0 Å². The van der Waals surface area contributed by atoms with Gasteiger partial charge in [-0.05, 0) is 40.2 Å². The maximum absolute atomic E-state index is 13.0. The molecule has 0 aliphatic rings. The highest BCUT2D eigenvalue weighted by atomic mass is 79.9. The van der Waals surface area contributed by atoms with E-state index in [-0.39, 0.29) is 18.0 Å². The van der Waals surface area contributed by atoms with Crippen molar-refractivity contribution in [1.29, 1.82) is 0 Å². The number of aromatic nitrogens is 1. The fourth-order valence-corrected chi connectivity index (χ4v) is 1.79. The van der Waals surface area contributed by atoms with Gasteiger partial charge in [0.25, 0.3) is 5.91 Å². The predicted molar refractivity (Wildman–Crippen MR) is 76.9 cm³/mol. The van der Waals surface area contributed by atoms with Crippen molar-refractivity contribution in [2.75, 3.05) is 17.7 Å². The molecule has 1 aromatic carbocycles. The van der Waals surface area contributed by atoms with Crippen molar-refractivity contribution in [3.8, 4) is 5.75 Å². The minimum Gasteiger partial charge on any atom is -0.482 e. The molecular formula is C13H11BrFN3O2. The van der Waals surface area contributed by atoms with Crippen LogP contribution in [0.4, 0.5) is 15.8 Å². The summed E-state index contributed by atoms with van der Waals surface area (Å²) < 4.78 is 19.0. The molecule has 0 aliphatic carbocycles. The summed E-state index contributed by atoms with van der Waals surface area (Å²) in [6.07, 6.45) is 3.08. The Morgan fingerprint density at radius 3 is 2.95 bits per heavy atom. The van der Waals surface area contributed by atoms with Crippen LogP contribution in [-0.2, 0) is 4.79 Å². The van der Waals surface area contributed by atoms with E-state index in [9.17, 15) is 9.18 Å². The highest BCUT2D eigenvalue weighted by Gasteiger charge is 2.07. The van der Waals surface area contributed by atoms with Crippen molar-refractivity contribution in [2.24, 2.45) is 0 Å². The van der Waals surface area contributed by atoms with E-state index in [0.717, 1.165) is 10.5 Å². The fraction of sp³-hybridized carbons (Fsp3) is 0.0769. The molecule has 0 spiro atoms. The number of nitrogens with zero attached hydrogens (tertiary/aromatic N) is 1. The van der Waals surface area contributed by atoms with Crippen LogP contribution in [0.15, 0.2) is 41.1 Å². The summed E-state index contributed by atoms with van der Waals surface area (Å²) in [6.45, 7) is -0.228. The first kappa shape index (κ1) is 14.3. The smallest absolute Gasteiger partial charge is 0.262 e. The summed E-state index contributed by atoms with van der Waals surface area (Å²) in [5, 5.41) is 2.47. The van der Waals surface area contributed by atoms with Crippen LogP contribution < -0.4 is 15.8 Å². The van der Waals surface area contributed by atoms with Crippen LogP contribution >= 0.6 is 15.9 Å². The molecule has 0 unspecified atom stereocenters. The summed E-state index contributed by atoms with van der Waals surface area (Å²) in [7, 11) is 0. The van der Waals surface area contributed by atoms with Gasteiger partial charge in [-0.15, -0.1) is 0 Å². The summed E-state index contributed by atoms with van der Waals surface area (Å²) >= 11 is 3.24. The van der Waals surface area contributed by atoms with Crippen molar-refractivity contribution in [3.05, 3.63) is 46.9 Å². The van der Waals surface area contributed by atoms with Crippen LogP contribution in [0, 0.1) is 5.82 Å². The zero-order chi connectivity index (χ0) is 14.5. The van der Waals surface area contributed by atoms with E-state index in [4.69, 9.17) is 10.5 Å². The van der Waals surface area contributed by atoms with Crippen molar-refractivity contribution in [2.45, 2.75) is 0 Å². The van der Waals surface area contributed by atoms with Gasteiger partial charge in [-0.1, -0.05) is 0 Å². The largest absolute Gasteiger partial charge is 0.482 e. The number of rotatable bonds is 4. The number of nitrogen functional groups attached to an aromatic ring is 1. The lowest BCUT2D eigenvalue weighted by Gasteiger charge is -2.09. The Morgan fingerprint density at radius 2 is 2.20 bits per heavy atom. The van der Waals surface area contributed by atoms with E-state index in [1.165, 1.54) is 18.3 Å². The van der Waals surface area contributed by atoms with Crippen LogP contribution in [0.5, 0.6) is 5.75 Å². The summed E-state index contributed by atoms with van der Waals surface area (Å²) in [5.74, 6) is -0.476. The minimum atomic E-state index is -0.480. The van der Waals surface area contributed by atoms with Gasteiger partial charge in [0.05, 0.1) is 17.6 Å². The zero-order valence-corrected chi connectivity index (χ0v) is 11.9. The van der Waals surface area contributed by atoms with Gasteiger partial charge in [-0.3, -0.25) is 9.78 Å². The molecule has 0 bridgehead atoms. The van der Waals surface area contributed by atoms with E-state index in [1.807, 2.05) is 0 Å². The van der Waals surface area contributed by atoms with E-state index in [1.54, 1.807) is 12.3 Å². The Hall–Kier alpha value is -2.15. The number of amides is 1. The number of hydrogen-bond donors (Lipinski definition) is 2. The second-order valence-corrected chi connectivity index (χ2v) is 4.82. The third-order valence-corrected chi connectivity index (χ3v) is 2.77. The van der Waals surface area contributed by atoms with Gasteiger partial charge in [-0.25, -0.2) is 4.39 Å². The van der Waals surface area contributed by atoms with Gasteiger partial charge in [0.15, 0.2) is 6.61 Å². The van der Waals surface area contributed by atoms with Crippen molar-refractivity contribution < 1.29 is 13.9 Å². The SMILES string of the molecule is Nc1ccc(F)cc1NC(=O)COc1cncc(Br)c1. The topological polar surface area (TPSA) is 77.2 Å². The molecule has 0 saturated heterocycles. The molecule has 0 aliphatic heterocycles. The molecular weight excluding hydrogens is 329 g/mol. The molecule has 0 fully saturated rings. The van der Waals surface area contributed by atoms with Crippen LogP contribution in [0.1, 0.15) is 0 Å². The molecule has 3 N–H and O–H groups in total. The molecule has 0 atom stereocenters. The number of hydrogen-bond acceptors (Lipinski definition) is 4. The summed E-state index contributed by atoms with van der Waals surface area (Å²) in [6, 6.07) is 5.42. The molecule has 1 aromatic heterocycles. The lowest BCUT2D eigenvalue weighted by Crippen LogP contribution is -2.21. The molecule has 5 nitrogen and oxygen atoms in total. The van der Waals surface area contributed by atoms with Crippen LogP contribution in [-0.4, -0.2) is 17.5 Å². The summed E-state index contributed by atoms with van der Waals surface area (Å²) in [4.78, 5) is 15.6. The standard InChI is InChI=1S/C13H11BrFN3O2/c14-8-3-10(6-17-5-8)20-7-13(19)18-12-4-9(15)1-2-11(12)16/h1-6H,7,16H2,(H,18,19). The van der Waals surface area contributed by atoms with Gasteiger partial charge in [0, 0.05) is 10.7 Å². The minimum absolute atomic E-state index is 0.214. The predicted octanol–water partition coefficient (Wildman–Crippen LogP) is 2.58. The Morgan fingerprint density at radius 1 is 1.40 bits per heavy atom. The molecule has 7 heteroatoms. The van der Waals surface area contributed by atoms with Gasteiger partial charge in [0.2, 0.25) is 0 Å². The lowest BCUT2D eigenvalue weighted by atomic mass is 10.2. The Kier molecular flexibility index (Phi) is 4.52. The van der Waals surface area contributed by atoms with E-state index >= 15 is 0 Å². The van der Waals surface area contributed by atoms with E-state index in [2.05, 4.69) is 26.2 Å². The number of halogens is 2. The number of pyridine rings is 1. The molecule has 20 heavy (non-hydrogen) atoms. The number of anilines is 2. The number of benzene rings is 1. The van der Waals surface area contributed by atoms with Gasteiger partial charge < -0.3 is 15.8 Å². The highest BCUT2D eigenvalue weighted by Crippen LogP contribution is 2.19. The first-order valence-electron chi connectivity index (χ1n) is 5.63. The first-order chi connectivity index (χ1) is 9.54. The lowest BCUT2D eigenvalue weighted by molar-refractivity contribution is -0.118. The second kappa shape index (κ2) is 6.33. The zero-order valence-electron chi connectivity index (χ0n) is 10.3. The quantitative estimate of drug-likeness (QED) is 0.839.